The second-order valence-electron chi connectivity index (χ2n) is 4.82. The predicted octanol–water partition coefficient (Wildman–Crippen LogP) is 1.13. The Hall–Kier alpha value is -0.860. The minimum absolute atomic E-state index is 0.125. The number of hydrogen-bond donors (Lipinski definition) is 1. The van der Waals surface area contributed by atoms with E-state index in [4.69, 9.17) is 11.6 Å². The molecular formula is C11H15ClN2O4S2. The van der Waals surface area contributed by atoms with Gasteiger partial charge in [0.25, 0.3) is 11.5 Å². The quantitative estimate of drug-likeness (QED) is 0.875. The summed E-state index contributed by atoms with van der Waals surface area (Å²) >= 11 is 6.66. The molecule has 0 aromatic carbocycles. The first-order chi connectivity index (χ1) is 9.28. The van der Waals surface area contributed by atoms with E-state index in [1.54, 1.807) is 13.8 Å². The molecule has 1 saturated heterocycles. The number of sulfone groups is 1. The molecule has 2 atom stereocenters. The minimum atomic E-state index is -3.20. The van der Waals surface area contributed by atoms with Crippen molar-refractivity contribution < 1.29 is 13.2 Å². The van der Waals surface area contributed by atoms with Crippen molar-refractivity contribution in [2.75, 3.05) is 13.1 Å². The zero-order valence-electron chi connectivity index (χ0n) is 11.1. The Morgan fingerprint density at radius 1 is 1.50 bits per heavy atom. The number of carbonyl (C=O) groups is 1. The molecule has 1 aliphatic rings. The summed E-state index contributed by atoms with van der Waals surface area (Å²) in [5, 5.41) is -1.31. The standard InChI is InChI=1S/C11H15ClN2O4S2/c1-3-7-5-14(4-6(2)20(7,17)18)11(16)9-8(12)10(15)13-19-9/h6-7H,3-5H2,1-2H3,(H,13,15). The van der Waals surface area contributed by atoms with E-state index in [2.05, 4.69) is 4.37 Å². The average molecular weight is 339 g/mol. The van der Waals surface area contributed by atoms with Gasteiger partial charge >= 0.3 is 0 Å². The van der Waals surface area contributed by atoms with Gasteiger partial charge in [0.05, 0.1) is 10.5 Å². The van der Waals surface area contributed by atoms with Crippen LogP contribution in [-0.4, -0.2) is 47.2 Å². The lowest BCUT2D eigenvalue weighted by molar-refractivity contribution is 0.0751. The fourth-order valence-corrected chi connectivity index (χ4v) is 5.16. The van der Waals surface area contributed by atoms with E-state index < -0.39 is 31.8 Å². The number of aromatic nitrogens is 1. The second-order valence-corrected chi connectivity index (χ2v) is 8.66. The molecule has 0 radical (unpaired) electrons. The normalized spacial score (nSPS) is 25.6. The Labute approximate surface area is 125 Å². The summed E-state index contributed by atoms with van der Waals surface area (Å²) in [5.74, 6) is -0.390. The van der Waals surface area contributed by atoms with Crippen LogP contribution in [0.25, 0.3) is 0 Å². The van der Waals surface area contributed by atoms with E-state index in [0.29, 0.717) is 6.42 Å². The van der Waals surface area contributed by atoms with Crippen LogP contribution < -0.4 is 5.56 Å². The third kappa shape index (κ3) is 2.51. The van der Waals surface area contributed by atoms with E-state index in [-0.39, 0.29) is 23.0 Å². The SMILES string of the molecule is CCC1CN(C(=O)c2s[nH]c(=O)c2Cl)CC(C)S1(=O)=O. The molecule has 0 aliphatic carbocycles. The van der Waals surface area contributed by atoms with Crippen LogP contribution in [0.2, 0.25) is 5.02 Å². The van der Waals surface area contributed by atoms with Gasteiger partial charge in [-0.3, -0.25) is 14.0 Å². The second kappa shape index (κ2) is 5.50. The van der Waals surface area contributed by atoms with E-state index in [9.17, 15) is 18.0 Å². The first-order valence-electron chi connectivity index (χ1n) is 6.18. The molecule has 9 heteroatoms. The Balaban J connectivity index is 2.29. The Morgan fingerprint density at radius 3 is 2.65 bits per heavy atom. The number of carbonyl (C=O) groups excluding carboxylic acids is 1. The van der Waals surface area contributed by atoms with Crippen molar-refractivity contribution in [2.45, 2.75) is 30.8 Å². The lowest BCUT2D eigenvalue weighted by Crippen LogP contribution is -2.52. The van der Waals surface area contributed by atoms with Gasteiger partial charge in [0.2, 0.25) is 0 Å². The van der Waals surface area contributed by atoms with Crippen LogP contribution in [0.5, 0.6) is 0 Å². The summed E-state index contributed by atoms with van der Waals surface area (Å²) in [7, 11) is -3.20. The molecule has 0 saturated carbocycles. The third-order valence-corrected chi connectivity index (χ3v) is 7.53. The summed E-state index contributed by atoms with van der Waals surface area (Å²) in [4.78, 5) is 25.2. The van der Waals surface area contributed by atoms with Crippen molar-refractivity contribution in [1.29, 1.82) is 0 Å². The van der Waals surface area contributed by atoms with E-state index >= 15 is 0 Å². The summed E-state index contributed by atoms with van der Waals surface area (Å²) in [6.07, 6.45) is 0.452. The smallest absolute Gasteiger partial charge is 0.277 e. The Morgan fingerprint density at radius 2 is 2.15 bits per heavy atom. The number of hydrogen-bond acceptors (Lipinski definition) is 5. The predicted molar refractivity (Wildman–Crippen MR) is 78.3 cm³/mol. The average Bonchev–Trinajstić information content (AvgIpc) is 2.72. The van der Waals surface area contributed by atoms with Gasteiger partial charge < -0.3 is 4.90 Å². The van der Waals surface area contributed by atoms with Crippen molar-refractivity contribution in [2.24, 2.45) is 0 Å². The molecule has 6 nitrogen and oxygen atoms in total. The molecule has 1 aromatic heterocycles. The highest BCUT2D eigenvalue weighted by molar-refractivity contribution is 7.92. The van der Waals surface area contributed by atoms with E-state index in [1.165, 1.54) is 4.90 Å². The minimum Gasteiger partial charge on any atom is -0.335 e. The highest BCUT2D eigenvalue weighted by atomic mass is 35.5. The monoisotopic (exact) mass is 338 g/mol. The number of rotatable bonds is 2. The van der Waals surface area contributed by atoms with Crippen molar-refractivity contribution in [3.05, 3.63) is 20.3 Å². The number of H-pyrrole nitrogens is 1. The highest BCUT2D eigenvalue weighted by Crippen LogP contribution is 2.25. The fourth-order valence-electron chi connectivity index (χ4n) is 2.27. The van der Waals surface area contributed by atoms with Crippen LogP contribution in [0.4, 0.5) is 0 Å². The zero-order valence-corrected chi connectivity index (χ0v) is 13.4. The van der Waals surface area contributed by atoms with Crippen LogP contribution in [0, 0.1) is 0 Å². The van der Waals surface area contributed by atoms with Crippen LogP contribution in [-0.2, 0) is 9.84 Å². The van der Waals surface area contributed by atoms with Gasteiger partial charge in [0.15, 0.2) is 9.84 Å². The van der Waals surface area contributed by atoms with E-state index in [0.717, 1.165) is 11.5 Å². The van der Waals surface area contributed by atoms with Crippen molar-refractivity contribution in [1.82, 2.24) is 9.27 Å². The molecule has 0 bridgehead atoms. The largest absolute Gasteiger partial charge is 0.335 e. The maximum absolute atomic E-state index is 12.4. The molecule has 2 heterocycles. The van der Waals surface area contributed by atoms with Gasteiger partial charge in [-0.15, -0.1) is 0 Å². The van der Waals surface area contributed by atoms with Crippen LogP contribution >= 0.6 is 23.1 Å². The summed E-state index contributed by atoms with van der Waals surface area (Å²) in [6, 6.07) is 0. The number of halogens is 1. The maximum atomic E-state index is 12.4. The molecule has 20 heavy (non-hydrogen) atoms. The first kappa shape index (κ1) is 15.5. The van der Waals surface area contributed by atoms with E-state index in [1.807, 2.05) is 0 Å². The van der Waals surface area contributed by atoms with Gasteiger partial charge in [-0.2, -0.15) is 0 Å². The molecule has 112 valence electrons. The summed E-state index contributed by atoms with van der Waals surface area (Å²) in [6.45, 7) is 3.65. The molecule has 2 unspecified atom stereocenters. The topological polar surface area (TPSA) is 87.3 Å². The van der Waals surface area contributed by atoms with Crippen molar-refractivity contribution in [3.8, 4) is 0 Å². The Kier molecular flexibility index (Phi) is 4.27. The van der Waals surface area contributed by atoms with Gasteiger partial charge in [-0.25, -0.2) is 8.42 Å². The third-order valence-electron chi connectivity index (χ3n) is 3.51. The van der Waals surface area contributed by atoms with Crippen LogP contribution in [0.15, 0.2) is 4.79 Å². The number of nitrogens with one attached hydrogen (secondary N) is 1. The number of amides is 1. The van der Waals surface area contributed by atoms with Crippen LogP contribution in [0.1, 0.15) is 29.9 Å². The maximum Gasteiger partial charge on any atom is 0.277 e. The van der Waals surface area contributed by atoms with Gasteiger partial charge in [-0.1, -0.05) is 30.1 Å². The van der Waals surface area contributed by atoms with Crippen LogP contribution in [0.3, 0.4) is 0 Å². The van der Waals surface area contributed by atoms with Gasteiger partial charge in [0.1, 0.15) is 9.90 Å². The molecule has 1 aromatic rings. The number of nitrogens with zero attached hydrogens (tertiary/aromatic N) is 1. The van der Waals surface area contributed by atoms with Crippen molar-refractivity contribution >= 4 is 38.9 Å². The molecule has 2 rings (SSSR count). The molecule has 1 N–H and O–H groups in total. The molecule has 1 aliphatic heterocycles. The summed E-state index contributed by atoms with van der Waals surface area (Å²) < 4.78 is 26.6. The van der Waals surface area contributed by atoms with Gasteiger partial charge in [0, 0.05) is 13.1 Å². The molecule has 1 fully saturated rings. The van der Waals surface area contributed by atoms with Crippen molar-refractivity contribution in [3.63, 3.8) is 0 Å². The number of aromatic amines is 1. The zero-order chi connectivity index (χ0) is 15.1. The lowest BCUT2D eigenvalue weighted by atomic mass is 10.2. The van der Waals surface area contributed by atoms with Gasteiger partial charge in [-0.05, 0) is 13.3 Å². The molecular weight excluding hydrogens is 324 g/mol. The highest BCUT2D eigenvalue weighted by Gasteiger charge is 2.40. The lowest BCUT2D eigenvalue weighted by Gasteiger charge is -2.35. The Bertz CT molecular complexity index is 679. The first-order valence-corrected chi connectivity index (χ1v) is 8.98. The summed E-state index contributed by atoms with van der Waals surface area (Å²) in [5.41, 5.74) is -0.496. The molecule has 0 spiro atoms. The fraction of sp³-hybridized carbons (Fsp3) is 0.636. The molecule has 1 amide bonds.